The van der Waals surface area contributed by atoms with E-state index in [0.717, 1.165) is 13.8 Å². The van der Waals surface area contributed by atoms with Crippen molar-refractivity contribution in [3.63, 3.8) is 0 Å². The molecule has 0 aromatic heterocycles. The molecule has 0 unspecified atom stereocenters. The molecule has 0 rings (SSSR count). The molecule has 5 nitrogen and oxygen atoms in total. The normalized spacial score (nSPS) is 5.00. The second kappa shape index (κ2) is 15.9. The Labute approximate surface area is 79.2 Å². The summed E-state index contributed by atoms with van der Waals surface area (Å²) in [6, 6.07) is 0. The summed E-state index contributed by atoms with van der Waals surface area (Å²) in [5.74, 6) is -2.17. The van der Waals surface area contributed by atoms with Gasteiger partial charge in [0.05, 0.1) is 0 Å². The van der Waals surface area contributed by atoms with Gasteiger partial charge in [-0.3, -0.25) is 0 Å². The van der Waals surface area contributed by atoms with Gasteiger partial charge < -0.3 is 26.0 Å². The maximum atomic E-state index is 8.89. The van der Waals surface area contributed by atoms with Crippen molar-refractivity contribution in [3.05, 3.63) is 0 Å². The van der Waals surface area contributed by atoms with E-state index in [4.69, 9.17) is 19.8 Å². The van der Waals surface area contributed by atoms with Crippen molar-refractivity contribution in [1.82, 2.24) is 6.15 Å². The third kappa shape index (κ3) is 11500. The fraction of sp³-hybridized carbons (Fsp3) is 0.500. The molecule has 0 aliphatic heterocycles. The van der Waals surface area contributed by atoms with Gasteiger partial charge in [-0.25, -0.2) is 0 Å². The number of hydrogen-bond donors (Lipinski definition) is 1. The summed E-state index contributed by atoms with van der Waals surface area (Å²) in [5.41, 5.74) is 0. The van der Waals surface area contributed by atoms with Crippen LogP contribution >= 0.6 is 0 Å². The van der Waals surface area contributed by atoms with Crippen LogP contribution in [0.1, 0.15) is 13.8 Å². The van der Waals surface area contributed by atoms with Gasteiger partial charge in [-0.05, 0) is 13.8 Å². The molecular formula is C4H9NO4Pb. The first-order chi connectivity index (χ1) is 3.46. The van der Waals surface area contributed by atoms with Crippen LogP contribution in [-0.4, -0.2) is 39.2 Å². The fourth-order valence-corrected chi connectivity index (χ4v) is 0. The Morgan fingerprint density at radius 2 is 1.00 bits per heavy atom. The van der Waals surface area contributed by atoms with Crippen LogP contribution < -0.4 is 16.4 Å². The zero-order chi connectivity index (χ0) is 7.15. The topological polar surface area (TPSA) is 115 Å². The van der Waals surface area contributed by atoms with E-state index >= 15 is 0 Å². The molecule has 0 amide bonds. The van der Waals surface area contributed by atoms with E-state index in [0.29, 0.717) is 0 Å². The Kier molecular flexibility index (Phi) is 35.9. The van der Waals surface area contributed by atoms with Crippen LogP contribution in [0.25, 0.3) is 0 Å². The van der Waals surface area contributed by atoms with Crippen LogP contribution in [0.15, 0.2) is 0 Å². The van der Waals surface area contributed by atoms with Crippen LogP contribution in [0, 0.1) is 0 Å². The molecule has 0 aliphatic rings. The molecule has 10 heavy (non-hydrogen) atoms. The Morgan fingerprint density at radius 3 is 1.00 bits per heavy atom. The first-order valence-corrected chi connectivity index (χ1v) is 1.82. The Bertz CT molecular complexity index is 75.3. The monoisotopic (exact) mass is 343 g/mol. The van der Waals surface area contributed by atoms with E-state index < -0.39 is 11.9 Å². The molecule has 0 fully saturated rings. The summed E-state index contributed by atoms with van der Waals surface area (Å²) in [6.45, 7) is 1.94. The van der Waals surface area contributed by atoms with Crippen molar-refractivity contribution >= 4 is 39.2 Å². The maximum Gasteiger partial charge on any atom is 2.00 e. The predicted octanol–water partition coefficient (Wildman–Crippen LogP) is -2.71. The minimum atomic E-state index is -1.08. The first-order valence-electron chi connectivity index (χ1n) is 1.82. The van der Waals surface area contributed by atoms with Gasteiger partial charge in [0.15, 0.2) is 0 Å². The average Bonchev–Trinajstić information content (AvgIpc) is 1.25. The Hall–Kier alpha value is -0.178. The number of rotatable bonds is 0. The van der Waals surface area contributed by atoms with Gasteiger partial charge >= 0.3 is 27.3 Å². The minimum Gasteiger partial charge on any atom is -0.550 e. The van der Waals surface area contributed by atoms with Gasteiger partial charge in [-0.1, -0.05) is 0 Å². The zero-order valence-corrected chi connectivity index (χ0v) is 9.73. The number of carboxylic acids is 2. The first kappa shape index (κ1) is 22.6. The molecule has 6 heteroatoms. The second-order valence-electron chi connectivity index (χ2n) is 0.983. The summed E-state index contributed by atoms with van der Waals surface area (Å²) >= 11 is 0. The van der Waals surface area contributed by atoms with Gasteiger partial charge in [0, 0.05) is 11.9 Å². The summed E-state index contributed by atoms with van der Waals surface area (Å²) in [4.78, 5) is 17.8. The molecule has 0 bridgehead atoms. The Morgan fingerprint density at radius 1 is 1.00 bits per heavy atom. The quantitative estimate of drug-likeness (QED) is 0.481. The standard InChI is InChI=1S/2C2H4O2.H3N.Pb/c2*1-2(3)4;;/h2*1H3,(H,3,4);1H3;/q;;;+2/p-2. The molecule has 0 heterocycles. The summed E-state index contributed by atoms with van der Waals surface area (Å²) < 4.78 is 0. The SMILES string of the molecule is CC(=O)[O-].CC(=O)[O-].N.[Pb+2]. The van der Waals surface area contributed by atoms with Crippen LogP contribution in [0.5, 0.6) is 0 Å². The van der Waals surface area contributed by atoms with Gasteiger partial charge in [0.25, 0.3) is 0 Å². The number of aliphatic carboxylic acids is 2. The molecule has 58 valence electrons. The van der Waals surface area contributed by atoms with Crippen molar-refractivity contribution in [3.8, 4) is 0 Å². The van der Waals surface area contributed by atoms with E-state index in [1.807, 2.05) is 0 Å². The van der Waals surface area contributed by atoms with Crippen LogP contribution in [0.4, 0.5) is 0 Å². The third-order valence-corrected chi connectivity index (χ3v) is 0. The van der Waals surface area contributed by atoms with E-state index in [1.165, 1.54) is 0 Å². The smallest absolute Gasteiger partial charge is 0.550 e. The summed E-state index contributed by atoms with van der Waals surface area (Å²) in [6.07, 6.45) is 0. The molecule has 0 aliphatic carbocycles. The fourth-order valence-electron chi connectivity index (χ4n) is 0. The van der Waals surface area contributed by atoms with Crippen molar-refractivity contribution < 1.29 is 19.8 Å². The third-order valence-electron chi connectivity index (χ3n) is 0. The van der Waals surface area contributed by atoms with Crippen molar-refractivity contribution in [2.24, 2.45) is 0 Å². The number of carbonyl (C=O) groups excluding carboxylic acids is 2. The molecule has 2 radical (unpaired) electrons. The van der Waals surface area contributed by atoms with Crippen LogP contribution in [0.2, 0.25) is 0 Å². The Balaban J connectivity index is -0.0000000300. The van der Waals surface area contributed by atoms with E-state index in [1.54, 1.807) is 0 Å². The molecule has 0 saturated carbocycles. The molecule has 3 N–H and O–H groups in total. The predicted molar refractivity (Wildman–Crippen MR) is 32.1 cm³/mol. The van der Waals surface area contributed by atoms with E-state index in [-0.39, 0.29) is 33.4 Å². The molecule has 0 atom stereocenters. The second-order valence-corrected chi connectivity index (χ2v) is 0.983. The zero-order valence-electron chi connectivity index (χ0n) is 5.84. The summed E-state index contributed by atoms with van der Waals surface area (Å²) in [5, 5.41) is 17.8. The number of hydrogen-bond acceptors (Lipinski definition) is 5. The summed E-state index contributed by atoms with van der Waals surface area (Å²) in [7, 11) is 0. The van der Waals surface area contributed by atoms with Crippen LogP contribution in [-0.2, 0) is 9.59 Å². The van der Waals surface area contributed by atoms with E-state index in [2.05, 4.69) is 0 Å². The largest absolute Gasteiger partial charge is 2.00 e. The van der Waals surface area contributed by atoms with Gasteiger partial charge in [0.2, 0.25) is 0 Å². The number of carboxylic acid groups (broad SMARTS) is 2. The van der Waals surface area contributed by atoms with Crippen molar-refractivity contribution in [2.45, 2.75) is 13.8 Å². The van der Waals surface area contributed by atoms with Gasteiger partial charge in [-0.2, -0.15) is 0 Å². The maximum absolute atomic E-state index is 8.89. The minimum absolute atomic E-state index is 0. The van der Waals surface area contributed by atoms with Gasteiger partial charge in [0.1, 0.15) is 0 Å². The molecule has 0 spiro atoms. The molecular weight excluding hydrogens is 333 g/mol. The molecule has 0 saturated heterocycles. The average molecular weight is 342 g/mol. The van der Waals surface area contributed by atoms with Crippen molar-refractivity contribution in [2.75, 3.05) is 0 Å². The van der Waals surface area contributed by atoms with E-state index in [9.17, 15) is 0 Å². The molecule has 0 aromatic rings. The van der Waals surface area contributed by atoms with Crippen molar-refractivity contribution in [1.29, 1.82) is 0 Å². The molecule has 0 aromatic carbocycles. The van der Waals surface area contributed by atoms with Crippen LogP contribution in [0.3, 0.4) is 0 Å². The number of carbonyl (C=O) groups is 2. The van der Waals surface area contributed by atoms with Gasteiger partial charge in [-0.15, -0.1) is 0 Å².